The van der Waals surface area contributed by atoms with Crippen LogP contribution in [-0.4, -0.2) is 53.7 Å². The van der Waals surface area contributed by atoms with Gasteiger partial charge in [-0.1, -0.05) is 11.4 Å². The maximum atomic E-state index is 12.8. The number of piperidine rings is 1. The third-order valence-electron chi connectivity index (χ3n) is 4.55. The molecule has 1 aromatic heterocycles. The van der Waals surface area contributed by atoms with Gasteiger partial charge in [-0.05, 0) is 42.9 Å². The summed E-state index contributed by atoms with van der Waals surface area (Å²) in [7, 11) is 3.24. The Kier molecular flexibility index (Phi) is 5.92. The number of hydrogen-bond donors (Lipinski definition) is 1. The molecule has 1 N–H and O–H groups in total. The van der Waals surface area contributed by atoms with Gasteiger partial charge in [-0.2, -0.15) is 0 Å². The summed E-state index contributed by atoms with van der Waals surface area (Å²) in [5.41, 5.74) is 1.74. The molecule has 0 spiro atoms. The molecule has 1 aliphatic rings. The van der Waals surface area contributed by atoms with Gasteiger partial charge in [0.2, 0.25) is 0 Å². The Hall–Kier alpha value is -2.35. The number of aryl methyl sites for hydroxylation is 1. The third kappa shape index (κ3) is 3.90. The van der Waals surface area contributed by atoms with Crippen molar-refractivity contribution >= 4 is 23.1 Å². The Labute approximate surface area is 157 Å². The number of methoxy groups -OCH3 is 2. The molecule has 0 aliphatic carbocycles. The van der Waals surface area contributed by atoms with Crippen molar-refractivity contribution in [1.29, 1.82) is 0 Å². The van der Waals surface area contributed by atoms with Crippen molar-refractivity contribution in [3.63, 3.8) is 0 Å². The first-order chi connectivity index (χ1) is 12.7. The van der Waals surface area contributed by atoms with Crippen LogP contribution in [0.25, 0.3) is 0 Å². The van der Waals surface area contributed by atoms with E-state index in [0.717, 1.165) is 37.2 Å². The van der Waals surface area contributed by atoms with Crippen LogP contribution in [0.2, 0.25) is 0 Å². The first-order valence-corrected chi connectivity index (χ1v) is 9.52. The number of rotatable bonds is 6. The van der Waals surface area contributed by atoms with Gasteiger partial charge in [0.25, 0.3) is 5.91 Å². The zero-order valence-electron chi connectivity index (χ0n) is 15.3. The summed E-state index contributed by atoms with van der Waals surface area (Å²) in [5, 5.41) is 7.56. The molecule has 1 aliphatic heterocycles. The second kappa shape index (κ2) is 8.35. The van der Waals surface area contributed by atoms with Gasteiger partial charge in [0, 0.05) is 30.9 Å². The molecule has 2 aromatic rings. The van der Waals surface area contributed by atoms with Crippen LogP contribution >= 0.6 is 11.5 Å². The average molecular weight is 376 g/mol. The Bertz CT molecular complexity index is 765. The average Bonchev–Trinajstić information content (AvgIpc) is 3.16. The van der Waals surface area contributed by atoms with Crippen molar-refractivity contribution < 1.29 is 14.3 Å². The number of amides is 1. The summed E-state index contributed by atoms with van der Waals surface area (Å²) in [4.78, 5) is 15.4. The van der Waals surface area contributed by atoms with E-state index in [1.165, 1.54) is 11.5 Å². The number of ether oxygens (including phenoxy) is 2. The number of nitrogens with one attached hydrogen (secondary N) is 1. The number of hydrogen-bond acceptors (Lipinski definition) is 7. The number of anilines is 1. The van der Waals surface area contributed by atoms with Crippen molar-refractivity contribution in [3.8, 4) is 11.5 Å². The maximum Gasteiger partial charge on any atom is 0.267 e. The SMILES string of the molecule is CCc1nnsc1C(=O)N1CCC[C@@H](Nc2ccc(OC)c(OC)c2)C1. The fourth-order valence-corrected chi connectivity index (χ4v) is 3.91. The van der Waals surface area contributed by atoms with Crippen LogP contribution < -0.4 is 14.8 Å². The maximum absolute atomic E-state index is 12.8. The van der Waals surface area contributed by atoms with E-state index >= 15 is 0 Å². The number of benzene rings is 1. The molecule has 140 valence electrons. The molecule has 0 saturated carbocycles. The topological polar surface area (TPSA) is 76.6 Å². The lowest BCUT2D eigenvalue weighted by Gasteiger charge is -2.33. The van der Waals surface area contributed by atoms with Crippen molar-refractivity contribution in [1.82, 2.24) is 14.5 Å². The van der Waals surface area contributed by atoms with Crippen LogP contribution in [-0.2, 0) is 6.42 Å². The molecule has 1 amide bonds. The van der Waals surface area contributed by atoms with E-state index in [1.54, 1.807) is 14.2 Å². The van der Waals surface area contributed by atoms with Gasteiger partial charge in [-0.25, -0.2) is 0 Å². The predicted molar refractivity (Wildman–Crippen MR) is 101 cm³/mol. The highest BCUT2D eigenvalue weighted by Crippen LogP contribution is 2.30. The van der Waals surface area contributed by atoms with E-state index in [0.29, 0.717) is 22.9 Å². The number of nitrogens with zero attached hydrogens (tertiary/aromatic N) is 3. The van der Waals surface area contributed by atoms with Gasteiger partial charge in [-0.3, -0.25) is 4.79 Å². The zero-order chi connectivity index (χ0) is 18.5. The summed E-state index contributed by atoms with van der Waals surface area (Å²) < 4.78 is 14.6. The summed E-state index contributed by atoms with van der Waals surface area (Å²) in [5.74, 6) is 1.42. The minimum atomic E-state index is 0.0376. The summed E-state index contributed by atoms with van der Waals surface area (Å²) >= 11 is 1.19. The lowest BCUT2D eigenvalue weighted by Crippen LogP contribution is -2.45. The van der Waals surface area contributed by atoms with Gasteiger partial charge in [0.15, 0.2) is 11.5 Å². The second-order valence-electron chi connectivity index (χ2n) is 6.21. The molecule has 2 heterocycles. The monoisotopic (exact) mass is 376 g/mol. The Morgan fingerprint density at radius 2 is 2.15 bits per heavy atom. The molecule has 1 fully saturated rings. The molecule has 0 bridgehead atoms. The largest absolute Gasteiger partial charge is 0.493 e. The molecule has 0 unspecified atom stereocenters. The summed E-state index contributed by atoms with van der Waals surface area (Å²) in [6.45, 7) is 3.42. The van der Waals surface area contributed by atoms with Gasteiger partial charge in [0.1, 0.15) is 4.88 Å². The molecule has 26 heavy (non-hydrogen) atoms. The summed E-state index contributed by atoms with van der Waals surface area (Å²) in [6.07, 6.45) is 2.70. The van der Waals surface area contributed by atoms with Gasteiger partial charge < -0.3 is 19.7 Å². The number of carbonyl (C=O) groups is 1. The van der Waals surface area contributed by atoms with E-state index < -0.39 is 0 Å². The fourth-order valence-electron chi connectivity index (χ4n) is 3.19. The second-order valence-corrected chi connectivity index (χ2v) is 6.96. The molecule has 8 heteroatoms. The number of carbonyl (C=O) groups excluding carboxylic acids is 1. The van der Waals surface area contributed by atoms with Crippen LogP contribution in [0.15, 0.2) is 18.2 Å². The summed E-state index contributed by atoms with van der Waals surface area (Å²) in [6, 6.07) is 5.95. The molecular weight excluding hydrogens is 352 g/mol. The van der Waals surface area contributed by atoms with Crippen molar-refractivity contribution in [2.75, 3.05) is 32.6 Å². The lowest BCUT2D eigenvalue weighted by molar-refractivity contribution is 0.0718. The Balaban J connectivity index is 1.68. The van der Waals surface area contributed by atoms with E-state index in [-0.39, 0.29) is 11.9 Å². The molecule has 3 rings (SSSR count). The first-order valence-electron chi connectivity index (χ1n) is 8.75. The van der Waals surface area contributed by atoms with E-state index in [2.05, 4.69) is 14.9 Å². The van der Waals surface area contributed by atoms with Crippen LogP contribution in [0, 0.1) is 0 Å². The Morgan fingerprint density at radius 1 is 1.35 bits per heavy atom. The van der Waals surface area contributed by atoms with E-state index in [4.69, 9.17) is 9.47 Å². The quantitative estimate of drug-likeness (QED) is 0.835. The minimum Gasteiger partial charge on any atom is -0.493 e. The van der Waals surface area contributed by atoms with E-state index in [1.807, 2.05) is 30.0 Å². The van der Waals surface area contributed by atoms with Crippen molar-refractivity contribution in [3.05, 3.63) is 28.8 Å². The normalized spacial score (nSPS) is 17.0. The highest BCUT2D eigenvalue weighted by atomic mass is 32.1. The highest BCUT2D eigenvalue weighted by Gasteiger charge is 2.27. The van der Waals surface area contributed by atoms with Crippen molar-refractivity contribution in [2.24, 2.45) is 0 Å². The molecule has 1 atom stereocenters. The Morgan fingerprint density at radius 3 is 2.88 bits per heavy atom. The van der Waals surface area contributed by atoms with Gasteiger partial charge in [0.05, 0.1) is 19.9 Å². The van der Waals surface area contributed by atoms with Crippen LogP contribution in [0.1, 0.15) is 35.1 Å². The third-order valence-corrected chi connectivity index (χ3v) is 5.30. The fraction of sp³-hybridized carbons (Fsp3) is 0.500. The van der Waals surface area contributed by atoms with Gasteiger partial charge >= 0.3 is 0 Å². The number of aromatic nitrogens is 2. The smallest absolute Gasteiger partial charge is 0.267 e. The van der Waals surface area contributed by atoms with Crippen LogP contribution in [0.5, 0.6) is 11.5 Å². The molecular formula is C18H24N4O3S. The zero-order valence-corrected chi connectivity index (χ0v) is 16.1. The van der Waals surface area contributed by atoms with Gasteiger partial charge in [-0.15, -0.1) is 5.10 Å². The minimum absolute atomic E-state index is 0.0376. The van der Waals surface area contributed by atoms with Crippen LogP contribution in [0.3, 0.4) is 0 Å². The standard InChI is InChI=1S/C18H24N4O3S/c1-4-14-17(26-21-20-14)18(23)22-9-5-6-13(11-22)19-12-7-8-15(24-2)16(10-12)25-3/h7-8,10,13,19H,4-6,9,11H2,1-3H3/t13-/m1/s1. The van der Waals surface area contributed by atoms with Crippen molar-refractivity contribution in [2.45, 2.75) is 32.2 Å². The molecule has 1 saturated heterocycles. The lowest BCUT2D eigenvalue weighted by atomic mass is 10.0. The first kappa shape index (κ1) is 18.4. The number of likely N-dealkylation sites (tertiary alicyclic amines) is 1. The molecule has 7 nitrogen and oxygen atoms in total. The molecule has 0 radical (unpaired) electrons. The predicted octanol–water partition coefficient (Wildman–Crippen LogP) is 2.83. The van der Waals surface area contributed by atoms with E-state index in [9.17, 15) is 4.79 Å². The highest BCUT2D eigenvalue weighted by molar-refractivity contribution is 7.08. The molecule has 1 aromatic carbocycles. The van der Waals surface area contributed by atoms with Crippen LogP contribution in [0.4, 0.5) is 5.69 Å².